The first-order valence-corrected chi connectivity index (χ1v) is 7.37. The van der Waals surface area contributed by atoms with Crippen molar-refractivity contribution >= 4 is 11.8 Å². The Morgan fingerprint density at radius 1 is 1.35 bits per heavy atom. The lowest BCUT2D eigenvalue weighted by Gasteiger charge is -2.30. The van der Waals surface area contributed by atoms with Crippen LogP contribution in [-0.2, 0) is 9.59 Å². The van der Waals surface area contributed by atoms with Crippen LogP contribution in [0.4, 0.5) is 0 Å². The Balaban J connectivity index is 2.26. The molecule has 116 valence electrons. The first-order chi connectivity index (χ1) is 9.38. The number of rotatable bonds is 6. The van der Waals surface area contributed by atoms with Crippen LogP contribution in [0.3, 0.4) is 0 Å². The van der Waals surface area contributed by atoms with E-state index < -0.39 is 0 Å². The van der Waals surface area contributed by atoms with Gasteiger partial charge in [-0.1, -0.05) is 13.8 Å². The topological polar surface area (TPSA) is 78.7 Å². The number of likely N-dealkylation sites (N-methyl/N-ethyl adjacent to an activating group) is 1. The van der Waals surface area contributed by atoms with Crippen LogP contribution in [0, 0.1) is 5.92 Å². The van der Waals surface area contributed by atoms with Crippen molar-refractivity contribution in [3.63, 3.8) is 0 Å². The van der Waals surface area contributed by atoms with Crippen molar-refractivity contribution in [2.75, 3.05) is 39.8 Å². The summed E-state index contributed by atoms with van der Waals surface area (Å²) in [5, 5.41) is 2.81. The highest BCUT2D eigenvalue weighted by Gasteiger charge is 2.20. The molecule has 1 aliphatic rings. The summed E-state index contributed by atoms with van der Waals surface area (Å²) in [5.41, 5.74) is 5.84. The van der Waals surface area contributed by atoms with Crippen molar-refractivity contribution < 1.29 is 9.59 Å². The molecule has 1 saturated heterocycles. The number of amides is 2. The van der Waals surface area contributed by atoms with E-state index in [9.17, 15) is 9.59 Å². The zero-order valence-corrected chi connectivity index (χ0v) is 12.9. The highest BCUT2D eigenvalue weighted by atomic mass is 16.2. The summed E-state index contributed by atoms with van der Waals surface area (Å²) in [5.74, 6) is 0.299. The van der Waals surface area contributed by atoms with E-state index in [1.165, 1.54) is 4.90 Å². The lowest BCUT2D eigenvalue weighted by Crippen LogP contribution is -2.47. The normalized spacial score (nSPS) is 17.2. The van der Waals surface area contributed by atoms with Crippen molar-refractivity contribution in [2.45, 2.75) is 32.7 Å². The monoisotopic (exact) mass is 284 g/mol. The van der Waals surface area contributed by atoms with Gasteiger partial charge in [-0.05, 0) is 18.8 Å². The van der Waals surface area contributed by atoms with Gasteiger partial charge in [-0.15, -0.1) is 0 Å². The van der Waals surface area contributed by atoms with Gasteiger partial charge in [0, 0.05) is 32.7 Å². The molecule has 0 atom stereocenters. The first-order valence-electron chi connectivity index (χ1n) is 7.37. The highest BCUT2D eigenvalue weighted by molar-refractivity contribution is 5.85. The van der Waals surface area contributed by atoms with Gasteiger partial charge in [-0.25, -0.2) is 0 Å². The Hall–Kier alpha value is -1.14. The summed E-state index contributed by atoms with van der Waals surface area (Å²) in [6.07, 6.45) is 1.87. The molecule has 1 fully saturated rings. The zero-order valence-electron chi connectivity index (χ0n) is 12.9. The molecule has 1 aliphatic heterocycles. The van der Waals surface area contributed by atoms with Gasteiger partial charge >= 0.3 is 0 Å². The minimum atomic E-state index is -0.102. The fourth-order valence-corrected chi connectivity index (χ4v) is 2.10. The maximum atomic E-state index is 12.0. The second kappa shape index (κ2) is 8.21. The highest BCUT2D eigenvalue weighted by Crippen LogP contribution is 2.07. The van der Waals surface area contributed by atoms with Gasteiger partial charge in [-0.3, -0.25) is 14.5 Å². The molecule has 0 bridgehead atoms. The molecule has 6 heteroatoms. The Kier molecular flexibility index (Phi) is 6.95. The number of piperidine rings is 1. The number of carbonyl (C=O) groups is 2. The van der Waals surface area contributed by atoms with E-state index in [1.807, 2.05) is 13.8 Å². The molecule has 0 aliphatic carbocycles. The van der Waals surface area contributed by atoms with Crippen molar-refractivity contribution in [3.05, 3.63) is 0 Å². The first kappa shape index (κ1) is 16.9. The summed E-state index contributed by atoms with van der Waals surface area (Å²) in [4.78, 5) is 27.3. The molecule has 1 rings (SSSR count). The molecule has 0 saturated carbocycles. The third-order valence-electron chi connectivity index (χ3n) is 3.51. The maximum absolute atomic E-state index is 12.0. The third kappa shape index (κ3) is 6.34. The number of nitrogens with one attached hydrogen (secondary N) is 1. The summed E-state index contributed by atoms with van der Waals surface area (Å²) in [6.45, 7) is 6.94. The predicted octanol–water partition coefficient (Wildman–Crippen LogP) is -0.360. The summed E-state index contributed by atoms with van der Waals surface area (Å²) < 4.78 is 0. The number of hydrogen-bond donors (Lipinski definition) is 2. The number of carbonyl (C=O) groups excluding carboxylic acids is 2. The maximum Gasteiger partial charge on any atom is 0.239 e. The average molecular weight is 284 g/mol. The molecule has 0 unspecified atom stereocenters. The summed E-state index contributed by atoms with van der Waals surface area (Å²) in [7, 11) is 1.67. The molecule has 0 aromatic carbocycles. The Morgan fingerprint density at radius 3 is 2.50 bits per heavy atom. The minimum absolute atomic E-state index is 0.0137. The van der Waals surface area contributed by atoms with E-state index >= 15 is 0 Å². The van der Waals surface area contributed by atoms with E-state index in [1.54, 1.807) is 7.05 Å². The smallest absolute Gasteiger partial charge is 0.239 e. The fraction of sp³-hybridized carbons (Fsp3) is 0.857. The lowest BCUT2D eigenvalue weighted by molar-refractivity contribution is -0.135. The van der Waals surface area contributed by atoms with E-state index in [2.05, 4.69) is 10.2 Å². The van der Waals surface area contributed by atoms with Crippen LogP contribution in [0.25, 0.3) is 0 Å². The lowest BCUT2D eigenvalue weighted by atomic mass is 10.1. The van der Waals surface area contributed by atoms with Gasteiger partial charge in [0.1, 0.15) is 0 Å². The molecule has 6 nitrogen and oxygen atoms in total. The average Bonchev–Trinajstić information content (AvgIpc) is 2.39. The van der Waals surface area contributed by atoms with Crippen LogP contribution in [0.1, 0.15) is 26.7 Å². The Labute approximate surface area is 121 Å². The number of nitrogens with zero attached hydrogens (tertiary/aromatic N) is 2. The number of nitrogens with two attached hydrogens (primary N) is 1. The van der Waals surface area contributed by atoms with Crippen molar-refractivity contribution in [3.8, 4) is 0 Å². The molecular formula is C14H28N4O2. The summed E-state index contributed by atoms with van der Waals surface area (Å²) in [6, 6.07) is 0.265. The standard InChI is InChI=1S/C14H28N4O2/c1-11(2)8-16-13(19)9-17(3)14(20)10-18-6-4-12(15)5-7-18/h11-12H,4-10,15H2,1-3H3,(H,16,19). The molecule has 0 aromatic rings. The van der Waals surface area contributed by atoms with Gasteiger partial charge in [0.15, 0.2) is 0 Å². The summed E-state index contributed by atoms with van der Waals surface area (Å²) >= 11 is 0. The number of likely N-dealkylation sites (tertiary alicyclic amines) is 1. The quantitative estimate of drug-likeness (QED) is 0.698. The van der Waals surface area contributed by atoms with Gasteiger partial charge in [-0.2, -0.15) is 0 Å². The van der Waals surface area contributed by atoms with Gasteiger partial charge in [0.25, 0.3) is 0 Å². The van der Waals surface area contributed by atoms with Crippen LogP contribution >= 0.6 is 0 Å². The van der Waals surface area contributed by atoms with Gasteiger partial charge < -0.3 is 16.0 Å². The SMILES string of the molecule is CC(C)CNC(=O)CN(C)C(=O)CN1CCC(N)CC1. The van der Waals surface area contributed by atoms with E-state index in [0.717, 1.165) is 25.9 Å². The second-order valence-corrected chi connectivity index (χ2v) is 6.06. The van der Waals surface area contributed by atoms with E-state index in [4.69, 9.17) is 5.73 Å². The molecule has 2 amide bonds. The molecule has 0 radical (unpaired) electrons. The van der Waals surface area contributed by atoms with E-state index in [-0.39, 0.29) is 24.4 Å². The molecule has 0 spiro atoms. The Morgan fingerprint density at radius 2 is 1.95 bits per heavy atom. The van der Waals surface area contributed by atoms with Crippen molar-refractivity contribution in [1.29, 1.82) is 0 Å². The second-order valence-electron chi connectivity index (χ2n) is 6.06. The van der Waals surface area contributed by atoms with Crippen molar-refractivity contribution in [2.24, 2.45) is 11.7 Å². The predicted molar refractivity (Wildman–Crippen MR) is 79.1 cm³/mol. The number of hydrogen-bond acceptors (Lipinski definition) is 4. The largest absolute Gasteiger partial charge is 0.354 e. The van der Waals surface area contributed by atoms with Crippen LogP contribution in [0.5, 0.6) is 0 Å². The van der Waals surface area contributed by atoms with Crippen LogP contribution < -0.4 is 11.1 Å². The molecular weight excluding hydrogens is 256 g/mol. The Bertz CT molecular complexity index is 325. The molecule has 20 heavy (non-hydrogen) atoms. The molecule has 3 N–H and O–H groups in total. The minimum Gasteiger partial charge on any atom is -0.354 e. The van der Waals surface area contributed by atoms with Crippen molar-refractivity contribution in [1.82, 2.24) is 15.1 Å². The van der Waals surface area contributed by atoms with Gasteiger partial charge in [0.2, 0.25) is 11.8 Å². The third-order valence-corrected chi connectivity index (χ3v) is 3.51. The van der Waals surface area contributed by atoms with Crippen LogP contribution in [0.2, 0.25) is 0 Å². The van der Waals surface area contributed by atoms with Crippen LogP contribution in [-0.4, -0.2) is 67.4 Å². The molecule has 0 aromatic heterocycles. The molecule has 1 heterocycles. The zero-order chi connectivity index (χ0) is 15.1. The van der Waals surface area contributed by atoms with Gasteiger partial charge in [0.05, 0.1) is 13.1 Å². The fourth-order valence-electron chi connectivity index (χ4n) is 2.10. The van der Waals surface area contributed by atoms with Crippen LogP contribution in [0.15, 0.2) is 0 Å². The van der Waals surface area contributed by atoms with E-state index in [0.29, 0.717) is 19.0 Å².